The molecular weight excluding hydrogens is 368 g/mol. The predicted molar refractivity (Wildman–Crippen MR) is 105 cm³/mol. The van der Waals surface area contributed by atoms with Crippen molar-refractivity contribution in [2.24, 2.45) is 5.10 Å². The summed E-state index contributed by atoms with van der Waals surface area (Å²) >= 11 is 5.97. The van der Waals surface area contributed by atoms with Crippen LogP contribution in [0.4, 0.5) is 0 Å². The van der Waals surface area contributed by atoms with Crippen LogP contribution in [0.1, 0.15) is 44.3 Å². The average molecular weight is 391 g/mol. The molecule has 7 heteroatoms. The molecule has 0 spiro atoms. The number of hydrogen-bond acceptors (Lipinski definition) is 5. The van der Waals surface area contributed by atoms with Gasteiger partial charge in [-0.25, -0.2) is 5.43 Å². The summed E-state index contributed by atoms with van der Waals surface area (Å²) in [7, 11) is 1.38. The number of hydrogen-bond donors (Lipinski definition) is 1. The molecule has 0 radical (unpaired) electrons. The summed E-state index contributed by atoms with van der Waals surface area (Å²) in [5.74, 6) is 0.865. The van der Waals surface area contributed by atoms with Crippen LogP contribution in [0.3, 0.4) is 0 Å². The van der Waals surface area contributed by atoms with Crippen LogP contribution < -0.4 is 5.43 Å². The Bertz CT molecular complexity index is 786. The third-order valence-electron chi connectivity index (χ3n) is 3.88. The number of benzene rings is 1. The van der Waals surface area contributed by atoms with Crippen molar-refractivity contribution >= 4 is 29.7 Å². The van der Waals surface area contributed by atoms with Crippen LogP contribution in [0.5, 0.6) is 0 Å². The standard InChI is InChI=1S/C20H23ClN2O4/c1-26-20(25)10-5-3-2-4-9-19(24)23-22-14-17-11-12-18(27-17)15-7-6-8-16(21)13-15/h6-8,11-14H,2-5,9-10H2,1H3,(H,23,24)/b22-14+. The molecule has 0 aliphatic heterocycles. The SMILES string of the molecule is COC(=O)CCCCCCC(=O)N/N=C/c1ccc(-c2cccc(Cl)c2)o1. The minimum absolute atomic E-state index is 0.152. The van der Waals surface area contributed by atoms with E-state index in [1.165, 1.54) is 13.3 Å². The molecule has 27 heavy (non-hydrogen) atoms. The van der Waals surface area contributed by atoms with Crippen LogP contribution in [0.25, 0.3) is 11.3 Å². The number of furan rings is 1. The third kappa shape index (κ3) is 7.66. The van der Waals surface area contributed by atoms with Gasteiger partial charge in [-0.3, -0.25) is 9.59 Å². The maximum Gasteiger partial charge on any atom is 0.305 e. The number of nitrogens with zero attached hydrogens (tertiary/aromatic N) is 1. The van der Waals surface area contributed by atoms with Gasteiger partial charge in [-0.1, -0.05) is 36.6 Å². The van der Waals surface area contributed by atoms with E-state index in [4.69, 9.17) is 16.0 Å². The zero-order chi connectivity index (χ0) is 19.5. The first-order chi connectivity index (χ1) is 13.1. The minimum Gasteiger partial charge on any atom is -0.469 e. The second kappa shape index (κ2) is 11.2. The average Bonchev–Trinajstić information content (AvgIpc) is 3.13. The molecule has 1 amide bonds. The van der Waals surface area contributed by atoms with Gasteiger partial charge in [-0.05, 0) is 37.1 Å². The van der Waals surface area contributed by atoms with Crippen molar-refractivity contribution in [3.8, 4) is 11.3 Å². The van der Waals surface area contributed by atoms with Gasteiger partial charge in [0, 0.05) is 23.4 Å². The van der Waals surface area contributed by atoms with Crippen molar-refractivity contribution in [1.82, 2.24) is 5.43 Å². The predicted octanol–water partition coefficient (Wildman–Crippen LogP) is 4.56. The molecule has 0 atom stereocenters. The molecule has 1 N–H and O–H groups in total. The van der Waals surface area contributed by atoms with Gasteiger partial charge in [0.25, 0.3) is 0 Å². The van der Waals surface area contributed by atoms with E-state index in [0.717, 1.165) is 31.2 Å². The number of amides is 1. The summed E-state index contributed by atoms with van der Waals surface area (Å²) in [6.45, 7) is 0. The van der Waals surface area contributed by atoms with Gasteiger partial charge in [0.1, 0.15) is 11.5 Å². The first-order valence-corrected chi connectivity index (χ1v) is 9.21. The number of ether oxygens (including phenoxy) is 1. The Morgan fingerprint density at radius 2 is 1.93 bits per heavy atom. The second-order valence-corrected chi connectivity index (χ2v) is 6.43. The van der Waals surface area contributed by atoms with Crippen LogP contribution in [-0.2, 0) is 14.3 Å². The maximum atomic E-state index is 11.7. The fourth-order valence-electron chi connectivity index (χ4n) is 2.45. The number of halogens is 1. The lowest BCUT2D eigenvalue weighted by molar-refractivity contribution is -0.140. The number of carbonyl (C=O) groups is 2. The zero-order valence-electron chi connectivity index (χ0n) is 15.2. The largest absolute Gasteiger partial charge is 0.469 e. The zero-order valence-corrected chi connectivity index (χ0v) is 16.0. The summed E-state index contributed by atoms with van der Waals surface area (Å²) in [5, 5.41) is 4.55. The van der Waals surface area contributed by atoms with E-state index in [2.05, 4.69) is 15.3 Å². The Morgan fingerprint density at radius 1 is 1.15 bits per heavy atom. The molecule has 1 aromatic carbocycles. The molecule has 0 saturated heterocycles. The molecule has 144 valence electrons. The Labute approximate surface area is 163 Å². The van der Waals surface area contributed by atoms with Gasteiger partial charge >= 0.3 is 5.97 Å². The highest BCUT2D eigenvalue weighted by Gasteiger charge is 2.05. The first-order valence-electron chi connectivity index (χ1n) is 8.83. The van der Waals surface area contributed by atoms with Crippen LogP contribution in [0, 0.1) is 0 Å². The number of carbonyl (C=O) groups excluding carboxylic acids is 2. The topological polar surface area (TPSA) is 80.9 Å². The van der Waals surface area contributed by atoms with Gasteiger partial charge in [0.05, 0.1) is 13.3 Å². The molecule has 0 bridgehead atoms. The van der Waals surface area contributed by atoms with Crippen molar-refractivity contribution in [3.05, 3.63) is 47.2 Å². The monoisotopic (exact) mass is 390 g/mol. The molecule has 1 aromatic heterocycles. The van der Waals surface area contributed by atoms with Crippen LogP contribution in [0.15, 0.2) is 45.9 Å². The molecule has 6 nitrogen and oxygen atoms in total. The molecule has 0 fully saturated rings. The lowest BCUT2D eigenvalue weighted by Gasteiger charge is -2.01. The number of hydrazone groups is 1. The van der Waals surface area contributed by atoms with E-state index in [9.17, 15) is 9.59 Å². The van der Waals surface area contributed by atoms with Gasteiger partial charge in [0.2, 0.25) is 5.91 Å². The second-order valence-electron chi connectivity index (χ2n) is 6.00. The third-order valence-corrected chi connectivity index (χ3v) is 4.11. The molecule has 0 aliphatic rings. The fraction of sp³-hybridized carbons (Fsp3) is 0.350. The van der Waals surface area contributed by atoms with Gasteiger partial charge < -0.3 is 9.15 Å². The minimum atomic E-state index is -0.196. The Morgan fingerprint density at radius 3 is 2.67 bits per heavy atom. The number of rotatable bonds is 10. The van der Waals surface area contributed by atoms with E-state index in [1.807, 2.05) is 24.3 Å². The van der Waals surface area contributed by atoms with Crippen LogP contribution >= 0.6 is 11.6 Å². The summed E-state index contributed by atoms with van der Waals surface area (Å²) in [5.41, 5.74) is 3.36. The number of methoxy groups -OCH3 is 1. The van der Waals surface area contributed by atoms with Crippen molar-refractivity contribution in [3.63, 3.8) is 0 Å². The summed E-state index contributed by atoms with van der Waals surface area (Å²) in [6, 6.07) is 11.0. The highest BCUT2D eigenvalue weighted by molar-refractivity contribution is 6.30. The fourth-order valence-corrected chi connectivity index (χ4v) is 2.64. The lowest BCUT2D eigenvalue weighted by atomic mass is 10.1. The highest BCUT2D eigenvalue weighted by Crippen LogP contribution is 2.24. The number of nitrogens with one attached hydrogen (secondary N) is 1. The van der Waals surface area contributed by atoms with E-state index >= 15 is 0 Å². The van der Waals surface area contributed by atoms with E-state index in [1.54, 1.807) is 12.1 Å². The Kier molecular flexibility index (Phi) is 8.58. The summed E-state index contributed by atoms with van der Waals surface area (Å²) < 4.78 is 10.2. The molecule has 2 aromatic rings. The smallest absolute Gasteiger partial charge is 0.305 e. The molecule has 2 rings (SSSR count). The maximum absolute atomic E-state index is 11.7. The van der Waals surface area contributed by atoms with E-state index in [-0.39, 0.29) is 11.9 Å². The number of unbranched alkanes of at least 4 members (excludes halogenated alkanes) is 3. The first kappa shape index (κ1) is 20.7. The quantitative estimate of drug-likeness (QED) is 0.279. The van der Waals surface area contributed by atoms with Crippen molar-refractivity contribution in [2.45, 2.75) is 38.5 Å². The Hall–Kier alpha value is -2.60. The van der Waals surface area contributed by atoms with Crippen molar-refractivity contribution in [2.75, 3.05) is 7.11 Å². The highest BCUT2D eigenvalue weighted by atomic mass is 35.5. The van der Waals surface area contributed by atoms with Crippen LogP contribution in [-0.4, -0.2) is 25.2 Å². The molecular formula is C20H23ClN2O4. The van der Waals surface area contributed by atoms with E-state index in [0.29, 0.717) is 29.4 Å². The molecule has 0 unspecified atom stereocenters. The summed E-state index contributed by atoms with van der Waals surface area (Å²) in [4.78, 5) is 22.7. The van der Waals surface area contributed by atoms with Crippen LogP contribution in [0.2, 0.25) is 5.02 Å². The van der Waals surface area contributed by atoms with Gasteiger partial charge in [-0.15, -0.1) is 0 Å². The number of esters is 1. The Balaban J connectivity index is 1.67. The normalized spacial score (nSPS) is 10.9. The van der Waals surface area contributed by atoms with Crippen molar-refractivity contribution in [1.29, 1.82) is 0 Å². The van der Waals surface area contributed by atoms with E-state index < -0.39 is 0 Å². The van der Waals surface area contributed by atoms with Crippen molar-refractivity contribution < 1.29 is 18.7 Å². The van der Waals surface area contributed by atoms with Gasteiger partial charge in [0.15, 0.2) is 0 Å². The summed E-state index contributed by atoms with van der Waals surface area (Å²) in [6.07, 6.45) is 5.58. The van der Waals surface area contributed by atoms with Gasteiger partial charge in [-0.2, -0.15) is 5.10 Å². The molecule has 0 aliphatic carbocycles. The molecule has 0 saturated carbocycles. The molecule has 1 heterocycles. The lowest BCUT2D eigenvalue weighted by Crippen LogP contribution is -2.16.